The van der Waals surface area contributed by atoms with Crippen molar-refractivity contribution >= 4 is 24.5 Å². The summed E-state index contributed by atoms with van der Waals surface area (Å²) in [5.74, 6) is 0. The molecule has 0 aliphatic heterocycles. The van der Waals surface area contributed by atoms with Gasteiger partial charge in [0.2, 0.25) is 0 Å². The van der Waals surface area contributed by atoms with E-state index >= 15 is 0 Å². The van der Waals surface area contributed by atoms with Gasteiger partial charge in [0.15, 0.2) is 0 Å². The predicted octanol–water partition coefficient (Wildman–Crippen LogP) is 1.99. The van der Waals surface area contributed by atoms with Gasteiger partial charge in [-0.05, 0) is 0 Å². The molecule has 0 aliphatic rings. The zero-order chi connectivity index (χ0) is 10.2. The maximum absolute atomic E-state index is 8.68. The van der Waals surface area contributed by atoms with E-state index in [1.54, 1.807) is 3.61 Å². The van der Waals surface area contributed by atoms with Crippen molar-refractivity contribution in [2.45, 2.75) is 30.2 Å². The van der Waals surface area contributed by atoms with Crippen molar-refractivity contribution in [1.29, 1.82) is 0 Å². The number of aliphatic hydroxyl groups is 1. The Morgan fingerprint density at radius 1 is 1.21 bits per heavy atom. The molecule has 0 aliphatic carbocycles. The van der Waals surface area contributed by atoms with Crippen molar-refractivity contribution in [2.24, 2.45) is 0 Å². The zero-order valence-electron chi connectivity index (χ0n) is 8.65. The molecule has 1 N–H and O–H groups in total. The van der Waals surface area contributed by atoms with Crippen LogP contribution in [0.15, 0.2) is 30.3 Å². The average Bonchev–Trinajstić information content (AvgIpc) is 2.20. The van der Waals surface area contributed by atoms with Crippen LogP contribution >= 0.6 is 0 Å². The Hall–Kier alpha value is -0.0304. The van der Waals surface area contributed by atoms with Crippen molar-refractivity contribution in [3.05, 3.63) is 30.3 Å². The van der Waals surface area contributed by atoms with Crippen LogP contribution < -0.4 is 3.61 Å². The fraction of sp³-hybridized carbons (Fsp3) is 0.500. The summed E-state index contributed by atoms with van der Waals surface area (Å²) in [5, 5.41) is 8.68. The van der Waals surface area contributed by atoms with Crippen LogP contribution in [-0.4, -0.2) is 32.6 Å². The van der Waals surface area contributed by atoms with E-state index in [-0.39, 0.29) is 20.9 Å². The van der Waals surface area contributed by atoms with Gasteiger partial charge in [-0.3, -0.25) is 0 Å². The molecule has 0 saturated carbocycles. The molecule has 78 valence electrons. The van der Waals surface area contributed by atoms with Crippen LogP contribution in [0.4, 0.5) is 0 Å². The average molecular weight is 306 g/mol. The van der Waals surface area contributed by atoms with Gasteiger partial charge in [0, 0.05) is 0 Å². The van der Waals surface area contributed by atoms with Crippen LogP contribution in [-0.2, 0) is 0 Å². The van der Waals surface area contributed by atoms with Crippen molar-refractivity contribution in [2.75, 3.05) is 6.61 Å². The van der Waals surface area contributed by atoms with Crippen molar-refractivity contribution < 1.29 is 5.11 Å². The van der Waals surface area contributed by atoms with Gasteiger partial charge in [-0.25, -0.2) is 0 Å². The van der Waals surface area contributed by atoms with E-state index in [0.717, 1.165) is 10.4 Å². The van der Waals surface area contributed by atoms with Gasteiger partial charge in [-0.1, -0.05) is 0 Å². The standard InChI is InChI=1S/C12H18OTe/c1-11(7-5-6-10-13)14-12-8-3-2-4-9-12/h2-4,8-9,11,13H,5-7,10H2,1H3. The minimum absolute atomic E-state index is 0.0163. The van der Waals surface area contributed by atoms with Gasteiger partial charge in [0.1, 0.15) is 0 Å². The summed E-state index contributed by atoms with van der Waals surface area (Å²) in [6, 6.07) is 10.8. The third-order valence-corrected chi connectivity index (χ3v) is 5.47. The zero-order valence-corrected chi connectivity index (χ0v) is 11.0. The molecule has 1 aromatic rings. The second-order valence-corrected chi connectivity index (χ2v) is 7.78. The summed E-state index contributed by atoms with van der Waals surface area (Å²) in [4.78, 5) is 0. The minimum atomic E-state index is -0.0163. The molecule has 1 rings (SSSR count). The molecule has 2 heteroatoms. The molecule has 14 heavy (non-hydrogen) atoms. The molecule has 0 amide bonds. The normalized spacial score (nSPS) is 12.7. The third-order valence-electron chi connectivity index (χ3n) is 2.10. The number of unbranched alkanes of at least 4 members (excludes halogenated alkanes) is 1. The molecule has 1 atom stereocenters. The van der Waals surface area contributed by atoms with Gasteiger partial charge in [0.25, 0.3) is 0 Å². The Morgan fingerprint density at radius 3 is 2.57 bits per heavy atom. The van der Waals surface area contributed by atoms with Crippen LogP contribution in [0, 0.1) is 0 Å². The number of hydrogen-bond donors (Lipinski definition) is 1. The molecule has 0 fully saturated rings. The number of rotatable bonds is 6. The molecule has 1 nitrogen and oxygen atoms in total. The first kappa shape index (κ1) is 12.0. The summed E-state index contributed by atoms with van der Waals surface area (Å²) in [5.41, 5.74) is 0. The Morgan fingerprint density at radius 2 is 1.93 bits per heavy atom. The molecular weight excluding hydrogens is 288 g/mol. The Bertz CT molecular complexity index is 235. The van der Waals surface area contributed by atoms with E-state index in [4.69, 9.17) is 5.11 Å². The van der Waals surface area contributed by atoms with Crippen LogP contribution in [0.25, 0.3) is 0 Å². The van der Waals surface area contributed by atoms with Crippen LogP contribution in [0.5, 0.6) is 0 Å². The maximum atomic E-state index is 8.68. The van der Waals surface area contributed by atoms with Gasteiger partial charge in [-0.2, -0.15) is 0 Å². The molecule has 1 unspecified atom stereocenters. The summed E-state index contributed by atoms with van der Waals surface area (Å²) in [6.07, 6.45) is 3.42. The number of aliphatic hydroxyl groups excluding tert-OH is 1. The quantitative estimate of drug-likeness (QED) is 0.629. The number of benzene rings is 1. The van der Waals surface area contributed by atoms with Gasteiger partial charge in [0.05, 0.1) is 0 Å². The predicted molar refractivity (Wildman–Crippen MR) is 62.2 cm³/mol. The Balaban J connectivity index is 2.23. The van der Waals surface area contributed by atoms with E-state index in [1.165, 1.54) is 12.8 Å². The molecule has 1 aromatic carbocycles. The van der Waals surface area contributed by atoms with Crippen molar-refractivity contribution in [3.8, 4) is 0 Å². The molecule has 0 radical (unpaired) electrons. The number of hydrogen-bond acceptors (Lipinski definition) is 1. The second kappa shape index (κ2) is 7.29. The first-order valence-corrected chi connectivity index (χ1v) is 7.66. The molecule has 0 spiro atoms. The summed E-state index contributed by atoms with van der Waals surface area (Å²) in [7, 11) is 0. The van der Waals surface area contributed by atoms with Crippen LogP contribution in [0.3, 0.4) is 0 Å². The third kappa shape index (κ3) is 5.00. The molecule has 0 heterocycles. The first-order valence-electron chi connectivity index (χ1n) is 5.15. The SMILES string of the molecule is CC(CCCCO)[Te]c1ccccc1. The Kier molecular flexibility index (Phi) is 6.27. The topological polar surface area (TPSA) is 20.2 Å². The monoisotopic (exact) mass is 308 g/mol. The van der Waals surface area contributed by atoms with E-state index in [0.29, 0.717) is 6.61 Å². The van der Waals surface area contributed by atoms with Crippen LogP contribution in [0.1, 0.15) is 26.2 Å². The molecule has 0 aromatic heterocycles. The fourth-order valence-corrected chi connectivity index (χ4v) is 4.37. The van der Waals surface area contributed by atoms with Gasteiger partial charge < -0.3 is 0 Å². The Labute approximate surface area is 96.6 Å². The molecule has 0 bridgehead atoms. The van der Waals surface area contributed by atoms with E-state index < -0.39 is 0 Å². The van der Waals surface area contributed by atoms with E-state index in [1.807, 2.05) is 0 Å². The van der Waals surface area contributed by atoms with Crippen molar-refractivity contribution in [1.82, 2.24) is 0 Å². The van der Waals surface area contributed by atoms with Crippen LogP contribution in [0.2, 0.25) is 3.97 Å². The van der Waals surface area contributed by atoms with Crippen molar-refractivity contribution in [3.63, 3.8) is 0 Å². The summed E-state index contributed by atoms with van der Waals surface area (Å²) < 4.78 is 2.41. The fourth-order valence-electron chi connectivity index (χ4n) is 1.33. The van der Waals surface area contributed by atoms with E-state index in [2.05, 4.69) is 37.3 Å². The molecule has 0 saturated heterocycles. The van der Waals surface area contributed by atoms with E-state index in [9.17, 15) is 0 Å². The summed E-state index contributed by atoms with van der Waals surface area (Å²) >= 11 is -0.0163. The first-order chi connectivity index (χ1) is 6.83. The summed E-state index contributed by atoms with van der Waals surface area (Å²) in [6.45, 7) is 2.69. The van der Waals surface area contributed by atoms with Gasteiger partial charge in [-0.15, -0.1) is 0 Å². The molecular formula is C12H18OTe. The van der Waals surface area contributed by atoms with Gasteiger partial charge >= 0.3 is 96.7 Å². The second-order valence-electron chi connectivity index (χ2n) is 3.46.